The number of hydrogen-bond donors (Lipinski definition) is 2. The number of nitrogens with one attached hydrogen (secondary N) is 2. The van der Waals surface area contributed by atoms with Crippen molar-refractivity contribution in [3.63, 3.8) is 0 Å². The Morgan fingerprint density at radius 2 is 2.00 bits per heavy atom. The van der Waals surface area contributed by atoms with Gasteiger partial charge in [-0.2, -0.15) is 0 Å². The topological polar surface area (TPSA) is 80.5 Å². The smallest absolute Gasteiger partial charge is 0.274 e. The van der Waals surface area contributed by atoms with E-state index in [0.29, 0.717) is 33.8 Å². The number of rotatable bonds is 6. The monoisotopic (exact) mass is 480 g/mol. The summed E-state index contributed by atoms with van der Waals surface area (Å²) in [7, 11) is 1.70. The molecule has 0 spiro atoms. The van der Waals surface area contributed by atoms with Crippen molar-refractivity contribution in [2.45, 2.75) is 20.4 Å². The zero-order valence-electron chi connectivity index (χ0n) is 18.8. The number of imidazole rings is 1. The Bertz CT molecular complexity index is 1600. The number of H-pyrrole nitrogens is 1. The lowest BCUT2D eigenvalue weighted by Gasteiger charge is -2.12. The molecule has 34 heavy (non-hydrogen) atoms. The van der Waals surface area contributed by atoms with Gasteiger partial charge >= 0.3 is 0 Å². The van der Waals surface area contributed by atoms with Crippen molar-refractivity contribution in [3.8, 4) is 11.3 Å². The van der Waals surface area contributed by atoms with Crippen molar-refractivity contribution in [2.24, 2.45) is 7.05 Å². The summed E-state index contributed by atoms with van der Waals surface area (Å²) in [5.41, 5.74) is 4.12. The van der Waals surface area contributed by atoms with Crippen LogP contribution in [0.25, 0.3) is 33.3 Å². The molecule has 0 atom stereocenters. The first-order chi connectivity index (χ1) is 16.4. The van der Waals surface area contributed by atoms with Crippen LogP contribution in [-0.2, 0) is 13.6 Å². The van der Waals surface area contributed by atoms with Gasteiger partial charge in [-0.1, -0.05) is 24.9 Å². The van der Waals surface area contributed by atoms with E-state index in [4.69, 9.17) is 9.97 Å². The molecule has 4 aromatic heterocycles. The predicted molar refractivity (Wildman–Crippen MR) is 132 cm³/mol. The number of anilines is 1. The van der Waals surface area contributed by atoms with Crippen molar-refractivity contribution >= 4 is 39.7 Å². The fourth-order valence-electron chi connectivity index (χ4n) is 4.05. The Balaban J connectivity index is 1.74. The number of fused-ring (bicyclic) bond motifs is 2. The standard InChI is InChI=1S/C24H22F2N6OS/c1-4-34-30-20-10-19(17-12-31(3)24(33)21-16(17)7-8-27-21)29-23-22(20)28-13(2)32(23)11-14-5-6-15(25)9-18(14)26/h5-10,12,27H,4,11H2,1-3H3,(H,29,30). The van der Waals surface area contributed by atoms with Crippen molar-refractivity contribution in [2.75, 3.05) is 10.5 Å². The second-order valence-corrected chi connectivity index (χ2v) is 9.04. The van der Waals surface area contributed by atoms with Gasteiger partial charge in [0, 0.05) is 47.8 Å². The molecular formula is C24H22F2N6OS. The molecule has 0 aliphatic carbocycles. The maximum atomic E-state index is 14.4. The van der Waals surface area contributed by atoms with Gasteiger partial charge in [0.2, 0.25) is 0 Å². The average molecular weight is 481 g/mol. The van der Waals surface area contributed by atoms with Gasteiger partial charge in [-0.05, 0) is 25.1 Å². The van der Waals surface area contributed by atoms with Crippen molar-refractivity contribution in [1.29, 1.82) is 0 Å². The summed E-state index contributed by atoms with van der Waals surface area (Å²) in [4.78, 5) is 25.1. The van der Waals surface area contributed by atoms with Crippen LogP contribution in [0.2, 0.25) is 0 Å². The molecule has 7 nitrogen and oxygen atoms in total. The van der Waals surface area contributed by atoms with E-state index in [1.54, 1.807) is 19.4 Å². The molecule has 0 radical (unpaired) electrons. The van der Waals surface area contributed by atoms with E-state index in [1.807, 2.05) is 30.5 Å². The Hall–Kier alpha value is -3.66. The first kappa shape index (κ1) is 22.1. The van der Waals surface area contributed by atoms with Crippen LogP contribution in [0.4, 0.5) is 14.5 Å². The summed E-state index contributed by atoms with van der Waals surface area (Å²) in [5.74, 6) is 0.244. The van der Waals surface area contributed by atoms with Crippen LogP contribution in [0.3, 0.4) is 0 Å². The zero-order chi connectivity index (χ0) is 24.0. The van der Waals surface area contributed by atoms with E-state index in [1.165, 1.54) is 28.6 Å². The molecule has 5 aromatic rings. The van der Waals surface area contributed by atoms with Crippen LogP contribution in [0.5, 0.6) is 0 Å². The van der Waals surface area contributed by atoms with Gasteiger partial charge in [-0.25, -0.2) is 18.7 Å². The summed E-state index contributed by atoms with van der Waals surface area (Å²) in [6, 6.07) is 7.31. The molecular weight excluding hydrogens is 458 g/mol. The first-order valence-corrected chi connectivity index (χ1v) is 11.7. The van der Waals surface area contributed by atoms with Crippen molar-refractivity contribution in [3.05, 3.63) is 76.1 Å². The Morgan fingerprint density at radius 1 is 1.18 bits per heavy atom. The van der Waals surface area contributed by atoms with Crippen LogP contribution in [-0.4, -0.2) is 29.8 Å². The molecule has 4 heterocycles. The van der Waals surface area contributed by atoms with E-state index < -0.39 is 11.6 Å². The normalized spacial score (nSPS) is 11.6. The number of aromatic nitrogens is 5. The van der Waals surface area contributed by atoms with E-state index in [9.17, 15) is 13.6 Å². The Kier molecular flexibility index (Phi) is 5.60. The number of hydrogen-bond acceptors (Lipinski definition) is 5. The maximum absolute atomic E-state index is 14.4. The Morgan fingerprint density at radius 3 is 2.76 bits per heavy atom. The Labute approximate surface area is 198 Å². The molecule has 0 amide bonds. The molecule has 5 rings (SSSR count). The van der Waals surface area contributed by atoms with Gasteiger partial charge in [0.1, 0.15) is 28.5 Å². The number of benzene rings is 1. The van der Waals surface area contributed by atoms with Crippen LogP contribution in [0.15, 0.2) is 47.5 Å². The highest BCUT2D eigenvalue weighted by Crippen LogP contribution is 2.33. The predicted octanol–water partition coefficient (Wildman–Crippen LogP) is 4.99. The molecule has 0 saturated heterocycles. The third-order valence-corrected chi connectivity index (χ3v) is 6.39. The third-order valence-electron chi connectivity index (χ3n) is 5.73. The minimum absolute atomic E-state index is 0.127. The van der Waals surface area contributed by atoms with Gasteiger partial charge in [-0.3, -0.25) is 4.79 Å². The highest BCUT2D eigenvalue weighted by Gasteiger charge is 2.19. The number of nitrogens with zero attached hydrogens (tertiary/aromatic N) is 4. The van der Waals surface area contributed by atoms with Gasteiger partial charge in [0.15, 0.2) is 5.65 Å². The number of aromatic amines is 1. The first-order valence-electron chi connectivity index (χ1n) is 10.7. The number of pyridine rings is 2. The fraction of sp³-hybridized carbons (Fsp3) is 0.208. The molecule has 2 N–H and O–H groups in total. The average Bonchev–Trinajstić information content (AvgIpc) is 3.41. The van der Waals surface area contributed by atoms with E-state index >= 15 is 0 Å². The lowest BCUT2D eigenvalue weighted by molar-refractivity contribution is 0.566. The van der Waals surface area contributed by atoms with Crippen molar-refractivity contribution < 1.29 is 8.78 Å². The molecule has 0 saturated carbocycles. The molecule has 0 aliphatic heterocycles. The summed E-state index contributed by atoms with van der Waals surface area (Å²) < 4.78 is 34.5. The zero-order valence-corrected chi connectivity index (χ0v) is 19.6. The van der Waals surface area contributed by atoms with Gasteiger partial charge in [-0.15, -0.1) is 0 Å². The van der Waals surface area contributed by atoms with Crippen LogP contribution < -0.4 is 10.3 Å². The largest absolute Gasteiger partial charge is 0.357 e. The lowest BCUT2D eigenvalue weighted by Crippen LogP contribution is -2.16. The second kappa shape index (κ2) is 8.60. The molecule has 174 valence electrons. The van der Waals surface area contributed by atoms with E-state index in [0.717, 1.165) is 28.5 Å². The van der Waals surface area contributed by atoms with Crippen molar-refractivity contribution in [1.82, 2.24) is 24.1 Å². The molecule has 10 heteroatoms. The summed E-state index contributed by atoms with van der Waals surface area (Å²) in [6.07, 6.45) is 3.49. The van der Waals surface area contributed by atoms with E-state index in [2.05, 4.69) is 9.71 Å². The third kappa shape index (κ3) is 3.73. The molecule has 0 fully saturated rings. The van der Waals surface area contributed by atoms with Crippen LogP contribution >= 0.6 is 11.9 Å². The quantitative estimate of drug-likeness (QED) is 0.335. The molecule has 0 aliphatic rings. The minimum Gasteiger partial charge on any atom is -0.357 e. The summed E-state index contributed by atoms with van der Waals surface area (Å²) in [5, 5.41) is 0.761. The summed E-state index contributed by atoms with van der Waals surface area (Å²) in [6.45, 7) is 4.02. The van der Waals surface area contributed by atoms with Gasteiger partial charge < -0.3 is 18.8 Å². The lowest BCUT2D eigenvalue weighted by atomic mass is 10.1. The molecule has 0 unspecified atom stereocenters. The molecule has 0 bridgehead atoms. The van der Waals surface area contributed by atoms with Gasteiger partial charge in [0.25, 0.3) is 5.56 Å². The van der Waals surface area contributed by atoms with E-state index in [-0.39, 0.29) is 12.1 Å². The van der Waals surface area contributed by atoms with Crippen LogP contribution in [0, 0.1) is 18.6 Å². The number of halogens is 2. The highest BCUT2D eigenvalue weighted by molar-refractivity contribution is 8.00. The fourth-order valence-corrected chi connectivity index (χ4v) is 4.50. The minimum atomic E-state index is -0.623. The maximum Gasteiger partial charge on any atom is 0.274 e. The highest BCUT2D eigenvalue weighted by atomic mass is 32.2. The SMILES string of the molecule is CCSNc1cc(-c2cn(C)c(=O)c3[nH]ccc23)nc2c1nc(C)n2Cc1ccc(F)cc1F. The summed E-state index contributed by atoms with van der Waals surface area (Å²) >= 11 is 1.52. The van der Waals surface area contributed by atoms with Crippen LogP contribution in [0.1, 0.15) is 18.3 Å². The number of aryl methyl sites for hydroxylation is 2. The second-order valence-electron chi connectivity index (χ2n) is 7.97. The van der Waals surface area contributed by atoms with Gasteiger partial charge in [0.05, 0.1) is 17.9 Å². The molecule has 1 aromatic carbocycles.